The molecule has 5 rings (SSSR count). The number of hydrogen-bond donors (Lipinski definition) is 0. The first-order chi connectivity index (χ1) is 19.0. The zero-order valence-electron chi connectivity index (χ0n) is 22.5. The third-order valence-corrected chi connectivity index (χ3v) is 6.56. The van der Waals surface area contributed by atoms with Crippen molar-refractivity contribution in [1.29, 1.82) is 0 Å². The fourth-order valence-corrected chi connectivity index (χ4v) is 4.77. The molecule has 0 aliphatic heterocycles. The van der Waals surface area contributed by atoms with E-state index in [4.69, 9.17) is 28.7 Å². The first-order valence-corrected chi connectivity index (χ1v) is 12.4. The average Bonchev–Trinajstić information content (AvgIpc) is 3.38. The van der Waals surface area contributed by atoms with E-state index in [1.807, 2.05) is 53.1 Å². The van der Waals surface area contributed by atoms with Crippen molar-refractivity contribution in [3.63, 3.8) is 0 Å². The zero-order valence-corrected chi connectivity index (χ0v) is 22.5. The molecule has 2 aromatic heterocycles. The summed E-state index contributed by atoms with van der Waals surface area (Å²) < 4.78 is 29.8. The van der Waals surface area contributed by atoms with Crippen LogP contribution in [0, 0.1) is 0 Å². The van der Waals surface area contributed by atoms with Crippen molar-refractivity contribution >= 4 is 27.9 Å². The second-order valence-corrected chi connectivity index (χ2v) is 8.68. The first kappa shape index (κ1) is 25.8. The summed E-state index contributed by atoms with van der Waals surface area (Å²) in [6.07, 6.45) is 1.75. The Balaban J connectivity index is 1.86. The third kappa shape index (κ3) is 4.67. The monoisotopic (exact) mass is 527 g/mol. The van der Waals surface area contributed by atoms with Crippen LogP contribution in [-0.4, -0.2) is 55.6 Å². The molecule has 0 N–H and O–H groups in total. The van der Waals surface area contributed by atoms with Gasteiger partial charge >= 0.3 is 5.97 Å². The molecule has 0 aliphatic rings. The van der Waals surface area contributed by atoms with E-state index in [0.717, 1.165) is 16.6 Å². The van der Waals surface area contributed by atoms with Gasteiger partial charge in [0, 0.05) is 17.0 Å². The minimum atomic E-state index is -0.481. The van der Waals surface area contributed by atoms with Crippen LogP contribution in [0.3, 0.4) is 0 Å². The van der Waals surface area contributed by atoms with Gasteiger partial charge in [-0.05, 0) is 42.8 Å². The highest BCUT2D eigenvalue weighted by Crippen LogP contribution is 2.42. The Labute approximate surface area is 225 Å². The maximum Gasteiger partial charge on any atom is 0.340 e. The normalized spacial score (nSPS) is 11.0. The lowest BCUT2D eigenvalue weighted by Gasteiger charge is -2.19. The smallest absolute Gasteiger partial charge is 0.340 e. The number of fused-ring (bicyclic) bond motifs is 2. The number of carbonyl (C=O) groups excluding carboxylic acids is 1. The van der Waals surface area contributed by atoms with Gasteiger partial charge in [-0.2, -0.15) is 0 Å². The topological polar surface area (TPSA) is 93.9 Å². The number of benzene rings is 3. The number of nitrogens with zero attached hydrogens (tertiary/aromatic N) is 3. The Bertz CT molecular complexity index is 1680. The first-order valence-electron chi connectivity index (χ1n) is 12.4. The molecule has 0 fully saturated rings. The minimum Gasteiger partial charge on any atom is -0.493 e. The molecule has 200 valence electrons. The number of methoxy groups -OCH3 is 4. The Morgan fingerprint density at radius 2 is 1.51 bits per heavy atom. The minimum absolute atomic E-state index is 0.210. The number of para-hydroxylation sites is 2. The lowest BCUT2D eigenvalue weighted by atomic mass is 9.93. The van der Waals surface area contributed by atoms with E-state index >= 15 is 0 Å². The van der Waals surface area contributed by atoms with Crippen LogP contribution in [0.15, 0.2) is 60.9 Å². The molecule has 2 heterocycles. The summed E-state index contributed by atoms with van der Waals surface area (Å²) in [6, 6.07) is 17.0. The van der Waals surface area contributed by atoms with Crippen molar-refractivity contribution in [3.8, 4) is 34.1 Å². The van der Waals surface area contributed by atoms with Gasteiger partial charge in [-0.25, -0.2) is 14.8 Å². The fourth-order valence-electron chi connectivity index (χ4n) is 4.77. The van der Waals surface area contributed by atoms with Crippen LogP contribution in [0.4, 0.5) is 0 Å². The molecule has 0 atom stereocenters. The van der Waals surface area contributed by atoms with Crippen molar-refractivity contribution in [2.24, 2.45) is 0 Å². The maximum absolute atomic E-state index is 13.7. The molecule has 0 aliphatic carbocycles. The van der Waals surface area contributed by atoms with Crippen LogP contribution in [0.25, 0.3) is 33.1 Å². The molecule has 0 saturated heterocycles. The van der Waals surface area contributed by atoms with E-state index in [1.54, 1.807) is 47.8 Å². The fraction of sp³-hybridized carbons (Fsp3) is 0.233. The summed E-state index contributed by atoms with van der Waals surface area (Å²) in [7, 11) is 6.29. The van der Waals surface area contributed by atoms with Crippen molar-refractivity contribution in [3.05, 3.63) is 72.2 Å². The summed E-state index contributed by atoms with van der Waals surface area (Å²) in [4.78, 5) is 23.1. The van der Waals surface area contributed by atoms with Gasteiger partial charge in [0.2, 0.25) is 0 Å². The Hall–Kier alpha value is -4.79. The highest BCUT2D eigenvalue weighted by atomic mass is 16.5. The molecule has 9 heteroatoms. The molecular formula is C30H29N3O6. The molecule has 0 radical (unpaired) electrons. The van der Waals surface area contributed by atoms with Crippen molar-refractivity contribution < 1.29 is 28.5 Å². The molecule has 0 spiro atoms. The number of ether oxygens (including phenoxy) is 5. The van der Waals surface area contributed by atoms with Crippen LogP contribution in [0.2, 0.25) is 0 Å². The Morgan fingerprint density at radius 3 is 2.23 bits per heavy atom. The Kier molecular flexibility index (Phi) is 7.23. The number of aromatic nitrogens is 3. The van der Waals surface area contributed by atoms with Gasteiger partial charge in [0.1, 0.15) is 0 Å². The number of esters is 1. The summed E-state index contributed by atoms with van der Waals surface area (Å²) in [5.74, 6) is 1.65. The largest absolute Gasteiger partial charge is 0.493 e. The quantitative estimate of drug-likeness (QED) is 0.232. The van der Waals surface area contributed by atoms with E-state index in [-0.39, 0.29) is 6.61 Å². The SMILES string of the molecule is CCOC(=O)c1c(Cn2cnc3ccccc32)nc2cc(OC)c(OC)cc2c1-c1ccc(OC)c(OC)c1. The van der Waals surface area contributed by atoms with Crippen LogP contribution in [-0.2, 0) is 11.3 Å². The molecule has 5 aromatic rings. The highest BCUT2D eigenvalue weighted by molar-refractivity contribution is 6.08. The van der Waals surface area contributed by atoms with Gasteiger partial charge in [-0.3, -0.25) is 0 Å². The molecule has 0 unspecified atom stereocenters. The second-order valence-electron chi connectivity index (χ2n) is 8.68. The van der Waals surface area contributed by atoms with Gasteiger partial charge in [-0.15, -0.1) is 0 Å². The molecular weight excluding hydrogens is 498 g/mol. The summed E-state index contributed by atoms with van der Waals surface area (Å²) in [5, 5.41) is 0.696. The van der Waals surface area contributed by atoms with Crippen LogP contribution < -0.4 is 18.9 Å². The van der Waals surface area contributed by atoms with Gasteiger partial charge in [0.25, 0.3) is 0 Å². The molecule has 0 amide bonds. The Morgan fingerprint density at radius 1 is 0.821 bits per heavy atom. The molecule has 9 nitrogen and oxygen atoms in total. The lowest BCUT2D eigenvalue weighted by molar-refractivity contribution is 0.0525. The zero-order chi connectivity index (χ0) is 27.5. The van der Waals surface area contributed by atoms with Crippen molar-refractivity contribution in [1.82, 2.24) is 14.5 Å². The van der Waals surface area contributed by atoms with Crippen LogP contribution >= 0.6 is 0 Å². The molecule has 39 heavy (non-hydrogen) atoms. The lowest BCUT2D eigenvalue weighted by Crippen LogP contribution is -2.15. The standard InChI is InChI=1S/C30H29N3O6/c1-6-39-30(34)29-22(16-33-17-31-20-9-7-8-10-23(20)33)32-21-15-27(38-5)26(37-4)14-19(21)28(29)18-11-12-24(35-2)25(13-18)36-3/h7-15,17H,6,16H2,1-5H3. The van der Waals surface area contributed by atoms with Crippen molar-refractivity contribution in [2.75, 3.05) is 35.0 Å². The van der Waals surface area contributed by atoms with Crippen LogP contribution in [0.1, 0.15) is 23.0 Å². The number of rotatable bonds is 9. The number of pyridine rings is 1. The van der Waals surface area contributed by atoms with Gasteiger partial charge < -0.3 is 28.3 Å². The molecule has 0 saturated carbocycles. The number of carbonyl (C=O) groups is 1. The maximum atomic E-state index is 13.7. The average molecular weight is 528 g/mol. The van der Waals surface area contributed by atoms with E-state index < -0.39 is 5.97 Å². The van der Waals surface area contributed by atoms with Crippen molar-refractivity contribution in [2.45, 2.75) is 13.5 Å². The van der Waals surface area contributed by atoms with E-state index in [1.165, 1.54) is 0 Å². The van der Waals surface area contributed by atoms with Gasteiger partial charge in [0.15, 0.2) is 23.0 Å². The summed E-state index contributed by atoms with van der Waals surface area (Å²) in [5.41, 5.74) is 4.65. The van der Waals surface area contributed by atoms with E-state index in [2.05, 4.69) is 4.98 Å². The molecule has 0 bridgehead atoms. The molecule has 3 aromatic carbocycles. The van der Waals surface area contributed by atoms with Crippen LogP contribution in [0.5, 0.6) is 23.0 Å². The predicted molar refractivity (Wildman–Crippen MR) is 148 cm³/mol. The third-order valence-electron chi connectivity index (χ3n) is 6.56. The van der Waals surface area contributed by atoms with E-state index in [0.29, 0.717) is 57.3 Å². The number of hydrogen-bond acceptors (Lipinski definition) is 8. The summed E-state index contributed by atoms with van der Waals surface area (Å²) in [6.45, 7) is 2.28. The number of imidazole rings is 1. The predicted octanol–water partition coefficient (Wildman–Crippen LogP) is 5.51. The highest BCUT2D eigenvalue weighted by Gasteiger charge is 2.26. The van der Waals surface area contributed by atoms with Gasteiger partial charge in [0.05, 0.1) is 75.7 Å². The summed E-state index contributed by atoms with van der Waals surface area (Å²) >= 11 is 0. The van der Waals surface area contributed by atoms with E-state index in [9.17, 15) is 4.79 Å². The van der Waals surface area contributed by atoms with Gasteiger partial charge in [-0.1, -0.05) is 18.2 Å². The second kappa shape index (κ2) is 10.9.